The van der Waals surface area contributed by atoms with Crippen LogP contribution in [0.15, 0.2) is 36.5 Å². The number of esters is 1. The zero-order valence-electron chi connectivity index (χ0n) is 12.3. The number of hydrogen-bond acceptors (Lipinski definition) is 6. The van der Waals surface area contributed by atoms with Crippen LogP contribution in [-0.2, 0) is 4.74 Å². The summed E-state index contributed by atoms with van der Waals surface area (Å²) in [6, 6.07) is 8.16. The second-order valence-electron chi connectivity index (χ2n) is 3.73. The highest BCUT2D eigenvalue weighted by Gasteiger charge is 2.09. The maximum atomic E-state index is 11.4. The Hall–Kier alpha value is -2.76. The third kappa shape index (κ3) is 4.10. The largest absolute Gasteiger partial charge is 0.465 e. The molecule has 0 unspecified atom stereocenters. The lowest BCUT2D eigenvalue weighted by Crippen LogP contribution is -2.02. The highest BCUT2D eigenvalue weighted by atomic mass is 16.5. The van der Waals surface area contributed by atoms with E-state index in [9.17, 15) is 4.79 Å². The van der Waals surface area contributed by atoms with E-state index in [1.54, 1.807) is 30.3 Å². The van der Waals surface area contributed by atoms with Gasteiger partial charge in [0.25, 0.3) is 0 Å². The molecule has 0 bridgehead atoms. The van der Waals surface area contributed by atoms with Crippen molar-refractivity contribution in [2.45, 2.75) is 13.8 Å². The molecule has 0 saturated carbocycles. The summed E-state index contributed by atoms with van der Waals surface area (Å²) in [6.45, 7) is 4.00. The number of ether oxygens (including phenoxy) is 2. The number of carbonyl (C=O) groups is 1. The van der Waals surface area contributed by atoms with Crippen LogP contribution in [0.25, 0.3) is 0 Å². The molecule has 0 radical (unpaired) electrons. The number of anilines is 2. The van der Waals surface area contributed by atoms with Crippen LogP contribution in [0.5, 0.6) is 11.5 Å². The van der Waals surface area contributed by atoms with Crippen molar-refractivity contribution in [2.75, 3.05) is 18.6 Å². The normalized spacial score (nSPS) is 9.29. The first-order valence-corrected chi connectivity index (χ1v) is 6.48. The lowest BCUT2D eigenvalue weighted by atomic mass is 10.2. The third-order valence-corrected chi connectivity index (χ3v) is 2.46. The van der Waals surface area contributed by atoms with Crippen molar-refractivity contribution in [1.29, 1.82) is 0 Å². The molecule has 6 heteroatoms. The molecule has 1 heterocycles. The van der Waals surface area contributed by atoms with Gasteiger partial charge in [0.05, 0.1) is 12.7 Å². The number of nitrogens with zero attached hydrogens (tertiary/aromatic N) is 1. The summed E-state index contributed by atoms with van der Waals surface area (Å²) in [5, 5.41) is 0. The molecule has 21 heavy (non-hydrogen) atoms. The molecule has 2 aromatic rings. The Morgan fingerprint density at radius 3 is 2.57 bits per heavy atom. The van der Waals surface area contributed by atoms with Crippen LogP contribution in [-0.4, -0.2) is 18.1 Å². The fourth-order valence-corrected chi connectivity index (χ4v) is 1.49. The van der Waals surface area contributed by atoms with Crippen molar-refractivity contribution >= 4 is 17.5 Å². The Morgan fingerprint density at radius 1 is 1.19 bits per heavy atom. The number of nitrogen functional groups attached to an aromatic ring is 2. The fourth-order valence-electron chi connectivity index (χ4n) is 1.49. The third-order valence-electron chi connectivity index (χ3n) is 2.46. The number of pyridine rings is 1. The second kappa shape index (κ2) is 7.74. The van der Waals surface area contributed by atoms with Gasteiger partial charge >= 0.3 is 5.97 Å². The zero-order chi connectivity index (χ0) is 15.8. The maximum absolute atomic E-state index is 11.4. The molecule has 2 rings (SSSR count). The number of hydrogen-bond donors (Lipinski definition) is 2. The van der Waals surface area contributed by atoms with Crippen LogP contribution in [0.1, 0.15) is 24.2 Å². The van der Waals surface area contributed by atoms with E-state index in [1.165, 1.54) is 13.3 Å². The minimum Gasteiger partial charge on any atom is -0.465 e. The number of carbonyl (C=O) groups excluding carboxylic acids is 1. The van der Waals surface area contributed by atoms with Gasteiger partial charge in [0.1, 0.15) is 17.3 Å². The Morgan fingerprint density at radius 2 is 1.90 bits per heavy atom. The Labute approximate surface area is 123 Å². The van der Waals surface area contributed by atoms with E-state index in [-0.39, 0.29) is 11.5 Å². The van der Waals surface area contributed by atoms with Gasteiger partial charge in [0, 0.05) is 12.3 Å². The summed E-state index contributed by atoms with van der Waals surface area (Å²) in [6.07, 6.45) is 1.49. The van der Waals surface area contributed by atoms with Gasteiger partial charge in [-0.3, -0.25) is 0 Å². The second-order valence-corrected chi connectivity index (χ2v) is 3.73. The standard InChI is InChI=1S/C13H13N3O3.C2H6/c1-18-13(17)8-3-2-4-9(7-8)19-10-5-6-16-12(15)11(10)14;1-2/h2-7H,14H2,1H3,(H2,15,16);1-2H3. The molecule has 1 aromatic carbocycles. The smallest absolute Gasteiger partial charge is 0.337 e. The summed E-state index contributed by atoms with van der Waals surface area (Å²) in [5.41, 5.74) is 12.0. The van der Waals surface area contributed by atoms with Gasteiger partial charge in [0.15, 0.2) is 5.75 Å². The average molecular weight is 289 g/mol. The minimum atomic E-state index is -0.437. The van der Waals surface area contributed by atoms with Crippen molar-refractivity contribution in [1.82, 2.24) is 4.98 Å². The average Bonchev–Trinajstić information content (AvgIpc) is 2.53. The highest BCUT2D eigenvalue weighted by molar-refractivity contribution is 5.89. The molecule has 0 aliphatic carbocycles. The molecule has 4 N–H and O–H groups in total. The predicted molar refractivity (Wildman–Crippen MR) is 82.3 cm³/mol. The van der Waals surface area contributed by atoms with E-state index in [0.29, 0.717) is 17.1 Å². The summed E-state index contributed by atoms with van der Waals surface area (Å²) in [5.74, 6) is 0.601. The fraction of sp³-hybridized carbons (Fsp3) is 0.200. The molecular formula is C15H19N3O3. The Kier molecular flexibility index (Phi) is 6.00. The lowest BCUT2D eigenvalue weighted by Gasteiger charge is -2.10. The van der Waals surface area contributed by atoms with E-state index in [1.807, 2.05) is 13.8 Å². The molecule has 0 spiro atoms. The van der Waals surface area contributed by atoms with Crippen LogP contribution in [0.3, 0.4) is 0 Å². The first-order chi connectivity index (χ1) is 10.1. The SMILES string of the molecule is CC.COC(=O)c1cccc(Oc2ccnc(N)c2N)c1. The minimum absolute atomic E-state index is 0.196. The van der Waals surface area contributed by atoms with Crippen LogP contribution < -0.4 is 16.2 Å². The van der Waals surface area contributed by atoms with Gasteiger partial charge in [-0.25, -0.2) is 9.78 Å². The first kappa shape index (κ1) is 16.3. The Bertz CT molecular complexity index is 615. The predicted octanol–water partition coefficient (Wildman–Crippen LogP) is 2.85. The molecule has 0 aliphatic heterocycles. The molecule has 0 amide bonds. The summed E-state index contributed by atoms with van der Waals surface area (Å²) < 4.78 is 10.2. The van der Waals surface area contributed by atoms with Crippen molar-refractivity contribution in [2.24, 2.45) is 0 Å². The molecule has 0 saturated heterocycles. The van der Waals surface area contributed by atoms with E-state index in [0.717, 1.165) is 0 Å². The maximum Gasteiger partial charge on any atom is 0.337 e. The molecular weight excluding hydrogens is 270 g/mol. The number of aromatic nitrogens is 1. The van der Waals surface area contributed by atoms with Gasteiger partial charge in [0.2, 0.25) is 0 Å². The molecule has 6 nitrogen and oxygen atoms in total. The number of rotatable bonds is 3. The Balaban J connectivity index is 0.00000106. The van der Waals surface area contributed by atoms with Crippen molar-refractivity contribution in [3.63, 3.8) is 0 Å². The van der Waals surface area contributed by atoms with E-state index >= 15 is 0 Å². The topological polar surface area (TPSA) is 100 Å². The lowest BCUT2D eigenvalue weighted by molar-refractivity contribution is 0.0600. The van der Waals surface area contributed by atoms with Crippen molar-refractivity contribution < 1.29 is 14.3 Å². The highest BCUT2D eigenvalue weighted by Crippen LogP contribution is 2.30. The van der Waals surface area contributed by atoms with E-state index in [2.05, 4.69) is 9.72 Å². The van der Waals surface area contributed by atoms with Crippen LogP contribution in [0, 0.1) is 0 Å². The van der Waals surface area contributed by atoms with Crippen molar-refractivity contribution in [3.8, 4) is 11.5 Å². The first-order valence-electron chi connectivity index (χ1n) is 6.48. The van der Waals surface area contributed by atoms with Gasteiger partial charge in [-0.15, -0.1) is 0 Å². The van der Waals surface area contributed by atoms with E-state index in [4.69, 9.17) is 16.2 Å². The zero-order valence-corrected chi connectivity index (χ0v) is 12.3. The number of benzene rings is 1. The summed E-state index contributed by atoms with van der Waals surface area (Å²) in [7, 11) is 1.32. The van der Waals surface area contributed by atoms with Crippen LogP contribution in [0.4, 0.5) is 11.5 Å². The van der Waals surface area contributed by atoms with Gasteiger partial charge in [-0.1, -0.05) is 19.9 Å². The molecule has 112 valence electrons. The van der Waals surface area contributed by atoms with E-state index < -0.39 is 5.97 Å². The summed E-state index contributed by atoms with van der Waals surface area (Å²) >= 11 is 0. The van der Waals surface area contributed by atoms with Crippen LogP contribution in [0.2, 0.25) is 0 Å². The molecule has 0 fully saturated rings. The molecule has 1 aromatic heterocycles. The quantitative estimate of drug-likeness (QED) is 0.843. The summed E-state index contributed by atoms with van der Waals surface area (Å²) in [4.78, 5) is 15.2. The van der Waals surface area contributed by atoms with Crippen LogP contribution >= 0.6 is 0 Å². The number of nitrogens with two attached hydrogens (primary N) is 2. The van der Waals surface area contributed by atoms with Crippen molar-refractivity contribution in [3.05, 3.63) is 42.1 Å². The monoisotopic (exact) mass is 289 g/mol. The molecule has 0 aliphatic rings. The number of methoxy groups -OCH3 is 1. The van der Waals surface area contributed by atoms with Gasteiger partial charge < -0.3 is 20.9 Å². The van der Waals surface area contributed by atoms with Gasteiger partial charge in [-0.05, 0) is 18.2 Å². The van der Waals surface area contributed by atoms with Gasteiger partial charge in [-0.2, -0.15) is 0 Å². The molecule has 0 atom stereocenters.